The highest BCUT2D eigenvalue weighted by Crippen LogP contribution is 2.23. The van der Waals surface area contributed by atoms with Gasteiger partial charge in [-0.1, -0.05) is 22.9 Å². The number of hydrazone groups is 1. The van der Waals surface area contributed by atoms with Crippen LogP contribution in [0.3, 0.4) is 0 Å². The fourth-order valence-electron chi connectivity index (χ4n) is 1.91. The van der Waals surface area contributed by atoms with E-state index in [-0.39, 0.29) is 12.4 Å². The van der Waals surface area contributed by atoms with Gasteiger partial charge in [0.25, 0.3) is 0 Å². The first-order valence-corrected chi connectivity index (χ1v) is 9.61. The molecule has 2 rings (SSSR count). The van der Waals surface area contributed by atoms with E-state index in [2.05, 4.69) is 38.4 Å². The highest BCUT2D eigenvalue weighted by atomic mass is 79.9. The Balaban J connectivity index is 1.97. The van der Waals surface area contributed by atoms with Crippen LogP contribution in [-0.4, -0.2) is 30.4 Å². The molecule has 8 heteroatoms. The number of thiazole rings is 1. The Morgan fingerprint density at radius 3 is 3.04 bits per heavy atom. The monoisotopic (exact) mass is 425 g/mol. The van der Waals surface area contributed by atoms with Gasteiger partial charge in [0, 0.05) is 15.4 Å². The zero-order valence-electron chi connectivity index (χ0n) is 14.1. The largest absolute Gasteiger partial charge is 0.493 e. The maximum absolute atomic E-state index is 11.4. The number of rotatable bonds is 9. The Kier molecular flexibility index (Phi) is 7.87. The fourth-order valence-corrected chi connectivity index (χ4v) is 2.91. The van der Waals surface area contributed by atoms with E-state index in [0.29, 0.717) is 24.0 Å². The number of halogens is 1. The lowest BCUT2D eigenvalue weighted by Gasteiger charge is -2.08. The van der Waals surface area contributed by atoms with E-state index in [9.17, 15) is 4.79 Å². The number of anilines is 1. The molecule has 0 aliphatic rings. The van der Waals surface area contributed by atoms with Crippen molar-refractivity contribution in [3.63, 3.8) is 0 Å². The summed E-state index contributed by atoms with van der Waals surface area (Å²) in [6.07, 6.45) is 2.78. The van der Waals surface area contributed by atoms with Crippen LogP contribution in [0.4, 0.5) is 5.13 Å². The van der Waals surface area contributed by atoms with Gasteiger partial charge in [0.2, 0.25) is 5.13 Å². The van der Waals surface area contributed by atoms with Crippen LogP contribution in [0.1, 0.15) is 31.5 Å². The second-order valence-electron chi connectivity index (χ2n) is 5.03. The number of ether oxygens (including phenoxy) is 2. The van der Waals surface area contributed by atoms with Gasteiger partial charge in [-0.15, -0.1) is 11.3 Å². The van der Waals surface area contributed by atoms with E-state index in [1.807, 2.05) is 23.6 Å². The molecule has 0 saturated carbocycles. The van der Waals surface area contributed by atoms with Gasteiger partial charge in [-0.2, -0.15) is 5.10 Å². The second kappa shape index (κ2) is 10.1. The molecule has 0 amide bonds. The molecular formula is C17H20BrN3O3S. The lowest BCUT2D eigenvalue weighted by atomic mass is 10.2. The van der Waals surface area contributed by atoms with Crippen LogP contribution in [0.5, 0.6) is 5.75 Å². The first-order valence-electron chi connectivity index (χ1n) is 7.93. The molecule has 1 aromatic heterocycles. The minimum absolute atomic E-state index is 0.164. The highest BCUT2D eigenvalue weighted by Gasteiger charge is 2.08. The summed E-state index contributed by atoms with van der Waals surface area (Å²) in [6.45, 7) is 4.85. The average Bonchev–Trinajstić information content (AvgIpc) is 3.02. The third-order valence-electron chi connectivity index (χ3n) is 2.98. The summed E-state index contributed by atoms with van der Waals surface area (Å²) in [5, 5.41) is 6.62. The molecule has 134 valence electrons. The van der Waals surface area contributed by atoms with Crippen molar-refractivity contribution in [2.75, 3.05) is 18.6 Å². The number of carbonyl (C=O) groups excluding carboxylic acids is 1. The Morgan fingerprint density at radius 1 is 1.44 bits per heavy atom. The predicted molar refractivity (Wildman–Crippen MR) is 104 cm³/mol. The van der Waals surface area contributed by atoms with Crippen molar-refractivity contribution in [3.8, 4) is 5.75 Å². The van der Waals surface area contributed by atoms with Gasteiger partial charge in [-0.25, -0.2) is 4.98 Å². The van der Waals surface area contributed by atoms with Crippen molar-refractivity contribution in [2.45, 2.75) is 26.7 Å². The van der Waals surface area contributed by atoms with Crippen LogP contribution < -0.4 is 10.2 Å². The number of carbonyl (C=O) groups is 1. The van der Waals surface area contributed by atoms with Gasteiger partial charge in [-0.3, -0.25) is 10.2 Å². The number of hydrogen-bond acceptors (Lipinski definition) is 7. The van der Waals surface area contributed by atoms with Crippen molar-refractivity contribution < 1.29 is 14.3 Å². The minimum Gasteiger partial charge on any atom is -0.493 e. The van der Waals surface area contributed by atoms with Crippen molar-refractivity contribution in [1.82, 2.24) is 4.98 Å². The normalized spacial score (nSPS) is 10.8. The third kappa shape index (κ3) is 6.47. The maximum atomic E-state index is 11.4. The van der Waals surface area contributed by atoms with Crippen LogP contribution in [0, 0.1) is 0 Å². The summed E-state index contributed by atoms with van der Waals surface area (Å²) in [5.74, 6) is 0.486. The molecule has 0 aliphatic heterocycles. The topological polar surface area (TPSA) is 72.8 Å². The number of benzene rings is 1. The van der Waals surface area contributed by atoms with Gasteiger partial charge >= 0.3 is 5.97 Å². The summed E-state index contributed by atoms with van der Waals surface area (Å²) < 4.78 is 11.6. The number of aromatic nitrogens is 1. The Labute approximate surface area is 159 Å². The molecule has 0 radical (unpaired) electrons. The number of nitrogens with one attached hydrogen (secondary N) is 1. The van der Waals surface area contributed by atoms with E-state index in [1.54, 1.807) is 13.1 Å². The van der Waals surface area contributed by atoms with Crippen LogP contribution >= 0.6 is 27.3 Å². The molecule has 0 spiro atoms. The Morgan fingerprint density at radius 2 is 2.28 bits per heavy atom. The molecule has 2 aromatic rings. The lowest BCUT2D eigenvalue weighted by molar-refractivity contribution is -0.142. The third-order valence-corrected chi connectivity index (χ3v) is 4.27. The van der Waals surface area contributed by atoms with Crippen LogP contribution in [-0.2, 0) is 16.0 Å². The van der Waals surface area contributed by atoms with Gasteiger partial charge in [0.1, 0.15) is 5.75 Å². The zero-order chi connectivity index (χ0) is 18.1. The van der Waals surface area contributed by atoms with E-state index < -0.39 is 0 Å². The Hall–Kier alpha value is -1.93. The number of esters is 1. The first kappa shape index (κ1) is 19.4. The molecule has 0 bridgehead atoms. The van der Waals surface area contributed by atoms with Crippen LogP contribution in [0.25, 0.3) is 0 Å². The van der Waals surface area contributed by atoms with Crippen LogP contribution in [0.2, 0.25) is 0 Å². The molecule has 0 aliphatic carbocycles. The lowest BCUT2D eigenvalue weighted by Crippen LogP contribution is -2.07. The van der Waals surface area contributed by atoms with E-state index in [0.717, 1.165) is 22.2 Å². The molecule has 0 atom stereocenters. The first-order chi connectivity index (χ1) is 12.1. The van der Waals surface area contributed by atoms with Crippen molar-refractivity contribution in [2.24, 2.45) is 5.10 Å². The van der Waals surface area contributed by atoms with Crippen LogP contribution in [0.15, 0.2) is 33.2 Å². The summed E-state index contributed by atoms with van der Waals surface area (Å²) >= 11 is 4.82. The number of hydrogen-bond donors (Lipinski definition) is 1. The molecule has 1 heterocycles. The second-order valence-corrected chi connectivity index (χ2v) is 6.80. The SMILES string of the molecule is CCCOc1cc(Br)ccc1C=NNc1nc(CC(=O)OCC)cs1. The average molecular weight is 426 g/mol. The molecular weight excluding hydrogens is 406 g/mol. The molecule has 0 unspecified atom stereocenters. The molecule has 1 N–H and O–H groups in total. The van der Waals surface area contributed by atoms with Gasteiger partial charge in [0.05, 0.1) is 31.5 Å². The van der Waals surface area contributed by atoms with Crippen molar-refractivity contribution >= 4 is 44.6 Å². The summed E-state index contributed by atoms with van der Waals surface area (Å²) in [6, 6.07) is 5.77. The number of nitrogens with zero attached hydrogens (tertiary/aromatic N) is 2. The Bertz CT molecular complexity index is 734. The zero-order valence-corrected chi connectivity index (χ0v) is 16.5. The highest BCUT2D eigenvalue weighted by molar-refractivity contribution is 9.10. The summed E-state index contributed by atoms with van der Waals surface area (Å²) in [7, 11) is 0. The molecule has 0 fully saturated rings. The molecule has 25 heavy (non-hydrogen) atoms. The van der Waals surface area contributed by atoms with Crippen molar-refractivity contribution in [3.05, 3.63) is 39.3 Å². The fraction of sp³-hybridized carbons (Fsp3) is 0.353. The smallest absolute Gasteiger partial charge is 0.311 e. The van der Waals surface area contributed by atoms with Gasteiger partial charge < -0.3 is 9.47 Å². The van der Waals surface area contributed by atoms with E-state index in [1.165, 1.54) is 11.3 Å². The predicted octanol–water partition coefficient (Wildman–Crippen LogP) is 4.25. The standard InChI is InChI=1S/C17H20BrN3O3S/c1-3-7-24-15-8-13(18)6-5-12(15)10-19-21-17-20-14(11-25-17)9-16(22)23-4-2/h5-6,8,10-11H,3-4,7,9H2,1-2H3,(H,20,21). The van der Waals surface area contributed by atoms with Gasteiger partial charge in [-0.05, 0) is 31.5 Å². The maximum Gasteiger partial charge on any atom is 0.311 e. The van der Waals surface area contributed by atoms with E-state index >= 15 is 0 Å². The summed E-state index contributed by atoms with van der Waals surface area (Å²) in [4.78, 5) is 15.8. The summed E-state index contributed by atoms with van der Waals surface area (Å²) in [5.41, 5.74) is 4.41. The molecule has 1 aromatic carbocycles. The van der Waals surface area contributed by atoms with Gasteiger partial charge in [0.15, 0.2) is 0 Å². The minimum atomic E-state index is -0.282. The van der Waals surface area contributed by atoms with Crippen molar-refractivity contribution in [1.29, 1.82) is 0 Å². The molecule has 0 saturated heterocycles. The molecule has 6 nitrogen and oxygen atoms in total. The quantitative estimate of drug-likeness (QED) is 0.369. The van der Waals surface area contributed by atoms with E-state index in [4.69, 9.17) is 9.47 Å².